The predicted molar refractivity (Wildman–Crippen MR) is 126 cm³/mol. The molecule has 6 nitrogen and oxygen atoms in total. The van der Waals surface area contributed by atoms with Gasteiger partial charge in [0.1, 0.15) is 11.4 Å². The molecule has 6 heteroatoms. The minimum atomic E-state index is 0.0516. The van der Waals surface area contributed by atoms with E-state index >= 15 is 0 Å². The van der Waals surface area contributed by atoms with Crippen LogP contribution < -0.4 is 4.74 Å². The predicted octanol–water partition coefficient (Wildman–Crippen LogP) is 4.39. The monoisotopic (exact) mass is 439 g/mol. The van der Waals surface area contributed by atoms with Gasteiger partial charge in [-0.3, -0.25) is 9.69 Å². The largest absolute Gasteiger partial charge is 0.493 e. The first-order valence-corrected chi connectivity index (χ1v) is 11.4. The van der Waals surface area contributed by atoms with Crippen molar-refractivity contribution in [1.82, 2.24) is 14.8 Å². The summed E-state index contributed by atoms with van der Waals surface area (Å²) >= 11 is 0. The summed E-state index contributed by atoms with van der Waals surface area (Å²) in [5.74, 6) is 1.74. The SMILES string of the molecule is O=C(c1cc(-c2ccco2)nc2ccccc12)N1CCN(Cc2ccc3c(c2)CCO3)CC1. The molecule has 0 N–H and O–H groups in total. The molecule has 0 aliphatic carbocycles. The fourth-order valence-electron chi connectivity index (χ4n) is 4.78. The molecule has 0 bridgehead atoms. The number of hydrogen-bond donors (Lipinski definition) is 0. The van der Waals surface area contributed by atoms with Crippen molar-refractivity contribution in [3.8, 4) is 17.2 Å². The second kappa shape index (κ2) is 8.37. The number of piperazine rings is 1. The molecule has 4 aromatic rings. The first-order valence-electron chi connectivity index (χ1n) is 11.4. The number of furan rings is 1. The minimum Gasteiger partial charge on any atom is -0.493 e. The number of pyridine rings is 1. The highest BCUT2D eigenvalue weighted by Crippen LogP contribution is 2.28. The van der Waals surface area contributed by atoms with Gasteiger partial charge in [0.15, 0.2) is 5.76 Å². The van der Waals surface area contributed by atoms with Gasteiger partial charge >= 0.3 is 0 Å². The van der Waals surface area contributed by atoms with Crippen molar-refractivity contribution >= 4 is 16.8 Å². The van der Waals surface area contributed by atoms with Crippen LogP contribution in [-0.2, 0) is 13.0 Å². The van der Waals surface area contributed by atoms with Crippen molar-refractivity contribution < 1.29 is 13.9 Å². The second-order valence-electron chi connectivity index (χ2n) is 8.66. The highest BCUT2D eigenvalue weighted by molar-refractivity contribution is 6.07. The number of fused-ring (bicyclic) bond motifs is 2. The number of carbonyl (C=O) groups is 1. The Hall–Kier alpha value is -3.64. The Balaban J connectivity index is 1.19. The van der Waals surface area contributed by atoms with Crippen LogP contribution in [0.25, 0.3) is 22.4 Å². The third-order valence-corrected chi connectivity index (χ3v) is 6.54. The lowest BCUT2D eigenvalue weighted by atomic mass is 10.0. The first kappa shape index (κ1) is 20.0. The van der Waals surface area contributed by atoms with Gasteiger partial charge in [-0.25, -0.2) is 4.98 Å². The Kier molecular flexibility index (Phi) is 5.07. The molecule has 4 heterocycles. The van der Waals surface area contributed by atoms with Gasteiger partial charge in [-0.05, 0) is 41.5 Å². The molecule has 1 amide bonds. The van der Waals surface area contributed by atoms with Crippen LogP contribution in [0.2, 0.25) is 0 Å². The molecule has 0 unspecified atom stereocenters. The van der Waals surface area contributed by atoms with Crippen molar-refractivity contribution in [2.45, 2.75) is 13.0 Å². The van der Waals surface area contributed by atoms with Crippen molar-refractivity contribution in [2.75, 3.05) is 32.8 Å². The Morgan fingerprint density at radius 2 is 1.85 bits per heavy atom. The molecule has 1 fully saturated rings. The number of hydrogen-bond acceptors (Lipinski definition) is 5. The summed E-state index contributed by atoms with van der Waals surface area (Å²) in [6.45, 7) is 4.81. The van der Waals surface area contributed by atoms with E-state index in [0.29, 0.717) is 30.1 Å². The molecule has 2 aliphatic rings. The summed E-state index contributed by atoms with van der Waals surface area (Å²) in [5, 5.41) is 0.876. The van der Waals surface area contributed by atoms with E-state index in [2.05, 4.69) is 23.1 Å². The van der Waals surface area contributed by atoms with E-state index in [1.165, 1.54) is 11.1 Å². The summed E-state index contributed by atoms with van der Waals surface area (Å²) in [7, 11) is 0. The normalized spacial score (nSPS) is 16.1. The molecule has 2 aromatic heterocycles. The maximum atomic E-state index is 13.6. The lowest BCUT2D eigenvalue weighted by Gasteiger charge is -2.35. The molecular formula is C27H25N3O3. The van der Waals surface area contributed by atoms with E-state index in [9.17, 15) is 4.79 Å². The average Bonchev–Trinajstić information content (AvgIpc) is 3.55. The number of ether oxygens (including phenoxy) is 1. The lowest BCUT2D eigenvalue weighted by molar-refractivity contribution is 0.0630. The Morgan fingerprint density at radius 1 is 0.970 bits per heavy atom. The van der Waals surface area contributed by atoms with Crippen LogP contribution >= 0.6 is 0 Å². The number of rotatable bonds is 4. The number of para-hydroxylation sites is 1. The zero-order valence-corrected chi connectivity index (χ0v) is 18.4. The van der Waals surface area contributed by atoms with Crippen LogP contribution in [-0.4, -0.2) is 53.5 Å². The molecule has 1 saturated heterocycles. The Bertz CT molecular complexity index is 1310. The first-order chi connectivity index (χ1) is 16.2. The lowest BCUT2D eigenvalue weighted by Crippen LogP contribution is -2.48. The summed E-state index contributed by atoms with van der Waals surface area (Å²) in [6, 6.07) is 19.9. The maximum Gasteiger partial charge on any atom is 0.254 e. The number of nitrogens with zero attached hydrogens (tertiary/aromatic N) is 3. The van der Waals surface area contributed by atoms with E-state index in [4.69, 9.17) is 14.1 Å². The van der Waals surface area contributed by atoms with Gasteiger partial charge in [0, 0.05) is 44.5 Å². The van der Waals surface area contributed by atoms with Crippen LogP contribution in [0, 0.1) is 0 Å². The number of benzene rings is 2. The topological polar surface area (TPSA) is 58.8 Å². The third kappa shape index (κ3) is 3.87. The zero-order valence-electron chi connectivity index (χ0n) is 18.4. The average molecular weight is 440 g/mol. The molecule has 166 valence electrons. The zero-order chi connectivity index (χ0) is 22.2. The molecule has 0 radical (unpaired) electrons. The molecule has 6 rings (SSSR count). The molecule has 33 heavy (non-hydrogen) atoms. The summed E-state index contributed by atoms with van der Waals surface area (Å²) in [6.07, 6.45) is 2.62. The third-order valence-electron chi connectivity index (χ3n) is 6.54. The number of carbonyl (C=O) groups excluding carboxylic acids is 1. The van der Waals surface area contributed by atoms with Gasteiger partial charge in [-0.15, -0.1) is 0 Å². The highest BCUT2D eigenvalue weighted by atomic mass is 16.5. The van der Waals surface area contributed by atoms with Crippen LogP contribution in [0.5, 0.6) is 5.75 Å². The van der Waals surface area contributed by atoms with Crippen molar-refractivity contribution in [3.05, 3.63) is 83.6 Å². The van der Waals surface area contributed by atoms with E-state index in [-0.39, 0.29) is 5.91 Å². The summed E-state index contributed by atoms with van der Waals surface area (Å²) in [4.78, 5) is 22.6. The molecular weight excluding hydrogens is 414 g/mol. The molecule has 2 aliphatic heterocycles. The Morgan fingerprint density at radius 3 is 2.70 bits per heavy atom. The fraction of sp³-hybridized carbons (Fsp3) is 0.259. The maximum absolute atomic E-state index is 13.6. The van der Waals surface area contributed by atoms with Gasteiger partial charge in [0.25, 0.3) is 5.91 Å². The van der Waals surface area contributed by atoms with Crippen LogP contribution in [0.4, 0.5) is 0 Å². The van der Waals surface area contributed by atoms with Gasteiger partial charge < -0.3 is 14.1 Å². The van der Waals surface area contributed by atoms with Crippen molar-refractivity contribution in [1.29, 1.82) is 0 Å². The van der Waals surface area contributed by atoms with E-state index in [1.807, 2.05) is 47.4 Å². The molecule has 0 atom stereocenters. The van der Waals surface area contributed by atoms with Crippen LogP contribution in [0.1, 0.15) is 21.5 Å². The quantitative estimate of drug-likeness (QED) is 0.472. The highest BCUT2D eigenvalue weighted by Gasteiger charge is 2.25. The molecule has 0 saturated carbocycles. The standard InChI is InChI=1S/C27H25N3O3/c31-27(22-17-24(26-6-3-14-32-26)28-23-5-2-1-4-21(22)23)30-12-10-29(11-13-30)18-19-7-8-25-20(16-19)9-15-33-25/h1-8,14,16-17H,9-13,15,18H2. The minimum absolute atomic E-state index is 0.0516. The van der Waals surface area contributed by atoms with E-state index < -0.39 is 0 Å². The van der Waals surface area contributed by atoms with Gasteiger partial charge in [-0.2, -0.15) is 0 Å². The number of amides is 1. The van der Waals surface area contributed by atoms with E-state index in [0.717, 1.165) is 49.3 Å². The summed E-state index contributed by atoms with van der Waals surface area (Å²) < 4.78 is 11.2. The van der Waals surface area contributed by atoms with Crippen molar-refractivity contribution in [2.24, 2.45) is 0 Å². The van der Waals surface area contributed by atoms with Crippen LogP contribution in [0.15, 0.2) is 71.3 Å². The fourth-order valence-corrected chi connectivity index (χ4v) is 4.78. The van der Waals surface area contributed by atoms with Gasteiger partial charge in [-0.1, -0.05) is 30.3 Å². The summed E-state index contributed by atoms with van der Waals surface area (Å²) in [5.41, 5.74) is 4.77. The Labute approximate surface area is 192 Å². The van der Waals surface area contributed by atoms with Gasteiger partial charge in [0.2, 0.25) is 0 Å². The molecule has 0 spiro atoms. The smallest absolute Gasteiger partial charge is 0.254 e. The van der Waals surface area contributed by atoms with Crippen LogP contribution in [0.3, 0.4) is 0 Å². The van der Waals surface area contributed by atoms with Gasteiger partial charge in [0.05, 0.1) is 24.0 Å². The van der Waals surface area contributed by atoms with E-state index in [1.54, 1.807) is 6.26 Å². The number of aromatic nitrogens is 1. The second-order valence-corrected chi connectivity index (χ2v) is 8.66. The molecule has 2 aromatic carbocycles. The van der Waals surface area contributed by atoms with Crippen molar-refractivity contribution in [3.63, 3.8) is 0 Å².